The highest BCUT2D eigenvalue weighted by atomic mass is 16.5. The van der Waals surface area contributed by atoms with Gasteiger partial charge in [0.2, 0.25) is 23.6 Å². The van der Waals surface area contributed by atoms with Gasteiger partial charge in [0.1, 0.15) is 23.9 Å². The van der Waals surface area contributed by atoms with Crippen LogP contribution in [0.4, 0.5) is 0 Å². The molecule has 5 N–H and O–H groups in total. The van der Waals surface area contributed by atoms with Crippen LogP contribution in [-0.4, -0.2) is 81.1 Å². The van der Waals surface area contributed by atoms with Crippen molar-refractivity contribution in [1.82, 2.24) is 26.6 Å². The van der Waals surface area contributed by atoms with Gasteiger partial charge in [-0.1, -0.05) is 62.4 Å². The van der Waals surface area contributed by atoms with Gasteiger partial charge in [-0.05, 0) is 67.5 Å². The van der Waals surface area contributed by atoms with Gasteiger partial charge in [0.25, 0.3) is 5.91 Å². The number of nitrogens with one attached hydrogen (secondary N) is 5. The van der Waals surface area contributed by atoms with E-state index in [9.17, 15) is 24.0 Å². The Labute approximate surface area is 310 Å². The summed E-state index contributed by atoms with van der Waals surface area (Å²) in [7, 11) is 1.57. The summed E-state index contributed by atoms with van der Waals surface area (Å²) in [5, 5.41) is 14.0. The van der Waals surface area contributed by atoms with Gasteiger partial charge in [-0.2, -0.15) is 0 Å². The lowest BCUT2D eigenvalue weighted by Gasteiger charge is -2.26. The zero-order chi connectivity index (χ0) is 38.2. The molecule has 3 aromatic carbocycles. The molecule has 0 saturated carbocycles. The van der Waals surface area contributed by atoms with Crippen molar-refractivity contribution in [2.45, 2.75) is 71.0 Å². The maximum absolute atomic E-state index is 13.6. The predicted molar refractivity (Wildman–Crippen MR) is 200 cm³/mol. The minimum atomic E-state index is -1.27. The Bertz CT molecular complexity index is 1700. The molecule has 0 aliphatic carbocycles. The molecule has 13 heteroatoms. The van der Waals surface area contributed by atoms with Gasteiger partial charge in [-0.25, -0.2) is 0 Å². The monoisotopic (exact) mass is 729 g/mol. The maximum Gasteiger partial charge on any atom is 0.255 e. The van der Waals surface area contributed by atoms with Gasteiger partial charge >= 0.3 is 0 Å². The fraction of sp³-hybridized carbons (Fsp3) is 0.425. The first-order chi connectivity index (χ1) is 25.6. The fourth-order valence-electron chi connectivity index (χ4n) is 5.86. The molecule has 53 heavy (non-hydrogen) atoms. The highest BCUT2D eigenvalue weighted by Crippen LogP contribution is 2.28. The second kappa shape index (κ2) is 20.4. The SMILES string of the molecule is CCOc1ccc(CCCNC(=O)[C@@H]2CC(=O)N[C@H](C(C)C)C(=O)N[C@@H](Cc3ccccc3)C(=O)NCCCOc3ccccc3C(=O)N2)cc1OC. The van der Waals surface area contributed by atoms with Gasteiger partial charge in [0, 0.05) is 19.5 Å². The number of hydrogen-bond acceptors (Lipinski definition) is 8. The van der Waals surface area contributed by atoms with Crippen molar-refractivity contribution in [3.8, 4) is 17.2 Å². The summed E-state index contributed by atoms with van der Waals surface area (Å²) in [6, 6.07) is 18.4. The highest BCUT2D eigenvalue weighted by Gasteiger charge is 2.31. The third-order valence-electron chi connectivity index (χ3n) is 8.67. The van der Waals surface area contributed by atoms with Gasteiger partial charge in [-0.15, -0.1) is 0 Å². The molecule has 3 aromatic rings. The molecule has 1 heterocycles. The average Bonchev–Trinajstić information content (AvgIpc) is 3.15. The van der Waals surface area contributed by atoms with Crippen LogP contribution in [-0.2, 0) is 32.0 Å². The molecule has 3 atom stereocenters. The van der Waals surface area contributed by atoms with E-state index in [2.05, 4.69) is 26.6 Å². The smallest absolute Gasteiger partial charge is 0.255 e. The Morgan fingerprint density at radius 2 is 1.66 bits per heavy atom. The third kappa shape index (κ3) is 12.3. The molecule has 5 amide bonds. The summed E-state index contributed by atoms with van der Waals surface area (Å²) in [6.45, 7) is 6.65. The normalized spacial score (nSPS) is 18.8. The molecule has 0 radical (unpaired) electrons. The molecule has 284 valence electrons. The lowest BCUT2D eigenvalue weighted by Crippen LogP contribution is -2.57. The number of para-hydroxylation sites is 1. The van der Waals surface area contributed by atoms with Crippen LogP contribution in [0.1, 0.15) is 61.5 Å². The second-order valence-electron chi connectivity index (χ2n) is 13.1. The number of aryl methyl sites for hydroxylation is 1. The molecule has 0 unspecified atom stereocenters. The van der Waals surface area contributed by atoms with Crippen molar-refractivity contribution in [1.29, 1.82) is 0 Å². The molecule has 0 bridgehead atoms. The molecule has 4 rings (SSSR count). The summed E-state index contributed by atoms with van der Waals surface area (Å²) in [6.07, 6.45) is 1.41. The second-order valence-corrected chi connectivity index (χ2v) is 13.1. The van der Waals surface area contributed by atoms with Crippen molar-refractivity contribution < 1.29 is 38.2 Å². The summed E-state index contributed by atoms with van der Waals surface area (Å²) in [4.78, 5) is 67.7. The predicted octanol–water partition coefficient (Wildman–Crippen LogP) is 3.10. The summed E-state index contributed by atoms with van der Waals surface area (Å²) >= 11 is 0. The van der Waals surface area contributed by atoms with Crippen molar-refractivity contribution in [2.24, 2.45) is 5.92 Å². The number of carbonyl (C=O) groups is 5. The highest BCUT2D eigenvalue weighted by molar-refractivity contribution is 6.01. The van der Waals surface area contributed by atoms with Gasteiger partial charge in [-0.3, -0.25) is 24.0 Å². The lowest BCUT2D eigenvalue weighted by atomic mass is 10.0. The van der Waals surface area contributed by atoms with Crippen LogP contribution in [0.25, 0.3) is 0 Å². The minimum Gasteiger partial charge on any atom is -0.493 e. The number of rotatable bonds is 11. The van der Waals surface area contributed by atoms with E-state index in [4.69, 9.17) is 14.2 Å². The molecule has 1 aliphatic rings. The Morgan fingerprint density at radius 1 is 0.906 bits per heavy atom. The number of hydrogen-bond donors (Lipinski definition) is 5. The number of fused-ring (bicyclic) bond motifs is 1. The van der Waals surface area contributed by atoms with Crippen molar-refractivity contribution in [3.63, 3.8) is 0 Å². The zero-order valence-electron chi connectivity index (χ0n) is 30.9. The van der Waals surface area contributed by atoms with E-state index in [1.54, 1.807) is 45.2 Å². The first-order valence-corrected chi connectivity index (χ1v) is 18.1. The van der Waals surface area contributed by atoms with E-state index >= 15 is 0 Å². The summed E-state index contributed by atoms with van der Waals surface area (Å²) in [5.41, 5.74) is 2.02. The van der Waals surface area contributed by atoms with Gasteiger partial charge in [0.15, 0.2) is 11.5 Å². The fourth-order valence-corrected chi connectivity index (χ4v) is 5.86. The number of methoxy groups -OCH3 is 1. The molecule has 0 saturated heterocycles. The van der Waals surface area contributed by atoms with E-state index in [1.807, 2.05) is 55.5 Å². The molecule has 0 fully saturated rings. The molecule has 1 aliphatic heterocycles. The van der Waals surface area contributed by atoms with Crippen LogP contribution in [0.5, 0.6) is 17.2 Å². The van der Waals surface area contributed by atoms with Crippen molar-refractivity contribution in [2.75, 3.05) is 33.4 Å². The quantitative estimate of drug-likeness (QED) is 0.187. The largest absolute Gasteiger partial charge is 0.493 e. The van der Waals surface area contributed by atoms with E-state index in [1.165, 1.54) is 0 Å². The summed E-state index contributed by atoms with van der Waals surface area (Å²) in [5.74, 6) is -1.52. The molecular weight excluding hydrogens is 678 g/mol. The van der Waals surface area contributed by atoms with Crippen LogP contribution < -0.4 is 40.8 Å². The van der Waals surface area contributed by atoms with Crippen LogP contribution >= 0.6 is 0 Å². The maximum atomic E-state index is 13.6. The van der Waals surface area contributed by atoms with E-state index < -0.39 is 48.2 Å². The van der Waals surface area contributed by atoms with Crippen LogP contribution in [0.3, 0.4) is 0 Å². The third-order valence-corrected chi connectivity index (χ3v) is 8.67. The Balaban J connectivity index is 1.52. The molecule has 0 spiro atoms. The summed E-state index contributed by atoms with van der Waals surface area (Å²) < 4.78 is 17.0. The Kier molecular flexibility index (Phi) is 15.5. The Hall–Kier alpha value is -5.59. The van der Waals surface area contributed by atoms with Crippen LogP contribution in [0.2, 0.25) is 0 Å². The zero-order valence-corrected chi connectivity index (χ0v) is 30.9. The lowest BCUT2D eigenvalue weighted by molar-refractivity contribution is -0.133. The van der Waals surface area contributed by atoms with Gasteiger partial charge in [0.05, 0.1) is 32.3 Å². The minimum absolute atomic E-state index is 0.183. The van der Waals surface area contributed by atoms with Crippen molar-refractivity contribution in [3.05, 3.63) is 89.5 Å². The Morgan fingerprint density at radius 3 is 2.40 bits per heavy atom. The molecule has 13 nitrogen and oxygen atoms in total. The van der Waals surface area contributed by atoms with E-state index in [-0.39, 0.29) is 43.5 Å². The topological polar surface area (TPSA) is 173 Å². The number of amides is 5. The van der Waals surface area contributed by atoms with Crippen LogP contribution in [0, 0.1) is 5.92 Å². The average molecular weight is 730 g/mol. The van der Waals surface area contributed by atoms with Crippen LogP contribution in [0.15, 0.2) is 72.8 Å². The standard InChI is InChI=1S/C40H51N5O8/c1-5-52-33-19-18-28(24-34(33)51-4)15-11-20-41-39(49)31-25-35(46)45-36(26(2)3)40(50)44-30(23-27-13-7-6-8-14-27)38(48)42-21-12-22-53-32-17-10-9-16-29(32)37(47)43-31/h6-10,13-14,16-19,24,26,30-31,36H,5,11-12,15,20-23,25H2,1-4H3,(H,41,49)(H,42,48)(H,43,47)(H,44,50)(H,45,46)/t30-,31-,36+/m0/s1. The number of benzene rings is 3. The number of carbonyl (C=O) groups excluding carboxylic acids is 5. The molecular formula is C40H51N5O8. The first-order valence-electron chi connectivity index (χ1n) is 18.1. The number of ether oxygens (including phenoxy) is 3. The first kappa shape index (κ1) is 40.2. The van der Waals surface area contributed by atoms with Crippen molar-refractivity contribution >= 4 is 29.5 Å². The van der Waals surface area contributed by atoms with E-state index in [0.717, 1.165) is 11.1 Å². The van der Waals surface area contributed by atoms with E-state index in [0.29, 0.717) is 43.1 Å². The van der Waals surface area contributed by atoms with Gasteiger partial charge < -0.3 is 40.8 Å². The molecule has 0 aromatic heterocycles.